The summed E-state index contributed by atoms with van der Waals surface area (Å²) in [5, 5.41) is 14.9. The maximum atomic E-state index is 12.6. The van der Waals surface area contributed by atoms with Crippen LogP contribution in [0.15, 0.2) is 18.2 Å². The minimum atomic E-state index is -2.99. The molecule has 0 aromatic heterocycles. The number of carbonyl (C=O) groups excluding carboxylic acids is 1. The van der Waals surface area contributed by atoms with Crippen LogP contribution in [0.2, 0.25) is 0 Å². The summed E-state index contributed by atoms with van der Waals surface area (Å²) in [7, 11) is 0. The van der Waals surface area contributed by atoms with Gasteiger partial charge in [-0.25, -0.2) is 0 Å². The summed E-state index contributed by atoms with van der Waals surface area (Å²) < 4.78 is 35.0. The van der Waals surface area contributed by atoms with E-state index in [4.69, 9.17) is 4.74 Å². The minimum absolute atomic E-state index is 0.0239. The van der Waals surface area contributed by atoms with Crippen molar-refractivity contribution >= 4 is 5.91 Å². The van der Waals surface area contributed by atoms with E-state index >= 15 is 0 Å². The molecule has 1 aliphatic rings. The lowest BCUT2D eigenvalue weighted by Gasteiger charge is -2.16. The molecule has 0 bridgehead atoms. The van der Waals surface area contributed by atoms with Crippen LogP contribution in [0.4, 0.5) is 8.78 Å². The molecule has 1 amide bonds. The highest BCUT2D eigenvalue weighted by Gasteiger charge is 2.28. The molecule has 2 unspecified atom stereocenters. The quantitative estimate of drug-likeness (QED) is 0.696. The molecule has 128 valence electrons. The number of carbonyl (C=O) groups is 1. The van der Waals surface area contributed by atoms with Crippen molar-refractivity contribution in [2.45, 2.75) is 38.6 Å². The number of halogens is 2. The molecular formula is C15H20F2N2O4. The van der Waals surface area contributed by atoms with Gasteiger partial charge in [-0.15, -0.1) is 0 Å². The maximum absolute atomic E-state index is 12.6. The first kappa shape index (κ1) is 17.4. The molecule has 0 spiro atoms. The monoisotopic (exact) mass is 330 g/mol. The van der Waals surface area contributed by atoms with Gasteiger partial charge in [-0.3, -0.25) is 4.79 Å². The smallest absolute Gasteiger partial charge is 0.387 e. The SMILES string of the molecule is CCOc1cccc(CNC(=O)C2CC(O)CN2)c1OC(F)F. The van der Waals surface area contributed by atoms with Gasteiger partial charge in [0, 0.05) is 18.7 Å². The largest absolute Gasteiger partial charge is 0.490 e. The van der Waals surface area contributed by atoms with Crippen molar-refractivity contribution in [1.82, 2.24) is 10.6 Å². The molecule has 2 rings (SSSR count). The standard InChI is InChI=1S/C15H20F2N2O4/c1-2-22-12-5-3-4-9(13(12)23-15(16)17)7-19-14(21)11-6-10(20)8-18-11/h3-5,10-11,15,18,20H,2,6-8H2,1H3,(H,19,21). The zero-order valence-corrected chi connectivity index (χ0v) is 12.7. The molecule has 1 aromatic carbocycles. The summed E-state index contributed by atoms with van der Waals surface area (Å²) in [5.74, 6) is -0.176. The summed E-state index contributed by atoms with van der Waals surface area (Å²) in [6.07, 6.45) is -0.227. The fourth-order valence-electron chi connectivity index (χ4n) is 2.41. The maximum Gasteiger partial charge on any atom is 0.387 e. The third-order valence-electron chi connectivity index (χ3n) is 3.44. The summed E-state index contributed by atoms with van der Waals surface area (Å²) in [4.78, 5) is 12.0. The molecule has 1 aromatic rings. The van der Waals surface area contributed by atoms with Crippen LogP contribution in [0.5, 0.6) is 11.5 Å². The fourth-order valence-corrected chi connectivity index (χ4v) is 2.41. The predicted octanol–water partition coefficient (Wildman–Crippen LogP) is 1.03. The number of alkyl halides is 2. The van der Waals surface area contributed by atoms with Crippen LogP contribution in [-0.4, -0.2) is 42.9 Å². The first-order chi connectivity index (χ1) is 11.0. The second-order valence-corrected chi connectivity index (χ2v) is 5.12. The van der Waals surface area contributed by atoms with E-state index in [0.29, 0.717) is 25.1 Å². The molecule has 0 saturated carbocycles. The van der Waals surface area contributed by atoms with Gasteiger partial charge < -0.3 is 25.2 Å². The number of hydrogen-bond donors (Lipinski definition) is 3. The van der Waals surface area contributed by atoms with Gasteiger partial charge in [-0.05, 0) is 19.4 Å². The molecule has 8 heteroatoms. The van der Waals surface area contributed by atoms with Gasteiger partial charge in [-0.1, -0.05) is 12.1 Å². The summed E-state index contributed by atoms with van der Waals surface area (Å²) in [5.41, 5.74) is 0.392. The highest BCUT2D eigenvalue weighted by molar-refractivity contribution is 5.82. The summed E-state index contributed by atoms with van der Waals surface area (Å²) in [6.45, 7) is -0.567. The molecule has 0 radical (unpaired) electrons. The van der Waals surface area contributed by atoms with E-state index in [-0.39, 0.29) is 24.0 Å². The minimum Gasteiger partial charge on any atom is -0.490 e. The third-order valence-corrected chi connectivity index (χ3v) is 3.44. The van der Waals surface area contributed by atoms with Gasteiger partial charge in [0.25, 0.3) is 0 Å². The number of β-amino-alcohol motifs (C(OH)–C–C–N with tert-alkyl or cyclic N) is 1. The average Bonchev–Trinajstić information content (AvgIpc) is 2.93. The number of nitrogens with one attached hydrogen (secondary N) is 2. The second-order valence-electron chi connectivity index (χ2n) is 5.12. The van der Waals surface area contributed by atoms with Crippen LogP contribution in [0.25, 0.3) is 0 Å². The molecular weight excluding hydrogens is 310 g/mol. The molecule has 1 fully saturated rings. The van der Waals surface area contributed by atoms with E-state index < -0.39 is 18.8 Å². The van der Waals surface area contributed by atoms with Crippen LogP contribution >= 0.6 is 0 Å². The Labute approximate surface area is 132 Å². The Morgan fingerprint density at radius 1 is 1.52 bits per heavy atom. The number of aliphatic hydroxyl groups excluding tert-OH is 1. The van der Waals surface area contributed by atoms with Crippen LogP contribution in [-0.2, 0) is 11.3 Å². The van der Waals surface area contributed by atoms with Crippen molar-refractivity contribution < 1.29 is 28.2 Å². The molecule has 2 atom stereocenters. The first-order valence-corrected chi connectivity index (χ1v) is 7.40. The molecule has 1 heterocycles. The number of para-hydroxylation sites is 1. The zero-order valence-electron chi connectivity index (χ0n) is 12.7. The van der Waals surface area contributed by atoms with E-state index in [1.54, 1.807) is 19.1 Å². The Morgan fingerprint density at radius 2 is 2.30 bits per heavy atom. The highest BCUT2D eigenvalue weighted by Crippen LogP contribution is 2.32. The lowest BCUT2D eigenvalue weighted by atomic mass is 10.1. The van der Waals surface area contributed by atoms with Gasteiger partial charge >= 0.3 is 6.61 Å². The summed E-state index contributed by atoms with van der Waals surface area (Å²) in [6, 6.07) is 4.26. The van der Waals surface area contributed by atoms with Crippen molar-refractivity contribution in [3.8, 4) is 11.5 Å². The molecule has 0 aliphatic carbocycles. The Hall–Kier alpha value is -1.93. The van der Waals surface area contributed by atoms with E-state index in [1.165, 1.54) is 6.07 Å². The first-order valence-electron chi connectivity index (χ1n) is 7.40. The van der Waals surface area contributed by atoms with E-state index in [1.807, 2.05) is 0 Å². The van der Waals surface area contributed by atoms with Gasteiger partial charge in [0.2, 0.25) is 5.91 Å². The van der Waals surface area contributed by atoms with Crippen molar-refractivity contribution in [3.05, 3.63) is 23.8 Å². The Bertz CT molecular complexity index is 542. The number of rotatable bonds is 7. The summed E-state index contributed by atoms with van der Waals surface area (Å²) >= 11 is 0. The predicted molar refractivity (Wildman–Crippen MR) is 78.5 cm³/mol. The van der Waals surface area contributed by atoms with Gasteiger partial charge in [0.05, 0.1) is 18.8 Å². The zero-order chi connectivity index (χ0) is 16.8. The van der Waals surface area contributed by atoms with Crippen molar-refractivity contribution in [1.29, 1.82) is 0 Å². The second kappa shape index (κ2) is 8.07. The normalized spacial score (nSPS) is 20.6. The van der Waals surface area contributed by atoms with Crippen LogP contribution < -0.4 is 20.1 Å². The Balaban J connectivity index is 2.06. The van der Waals surface area contributed by atoms with E-state index in [9.17, 15) is 18.7 Å². The lowest BCUT2D eigenvalue weighted by Crippen LogP contribution is -2.40. The van der Waals surface area contributed by atoms with Crippen LogP contribution in [0, 0.1) is 0 Å². The Morgan fingerprint density at radius 3 is 2.91 bits per heavy atom. The molecule has 6 nitrogen and oxygen atoms in total. The molecule has 3 N–H and O–H groups in total. The van der Waals surface area contributed by atoms with E-state index in [2.05, 4.69) is 15.4 Å². The fraction of sp³-hybridized carbons (Fsp3) is 0.533. The topological polar surface area (TPSA) is 79.8 Å². The van der Waals surface area contributed by atoms with Crippen molar-refractivity contribution in [3.63, 3.8) is 0 Å². The number of benzene rings is 1. The van der Waals surface area contributed by atoms with Crippen molar-refractivity contribution in [2.24, 2.45) is 0 Å². The molecule has 23 heavy (non-hydrogen) atoms. The molecule has 1 aliphatic heterocycles. The number of aliphatic hydroxyl groups is 1. The van der Waals surface area contributed by atoms with E-state index in [0.717, 1.165) is 0 Å². The number of hydrogen-bond acceptors (Lipinski definition) is 5. The van der Waals surface area contributed by atoms with Gasteiger partial charge in [-0.2, -0.15) is 8.78 Å². The number of amides is 1. The lowest BCUT2D eigenvalue weighted by molar-refractivity contribution is -0.123. The highest BCUT2D eigenvalue weighted by atomic mass is 19.3. The average molecular weight is 330 g/mol. The van der Waals surface area contributed by atoms with Crippen LogP contribution in [0.1, 0.15) is 18.9 Å². The number of ether oxygens (including phenoxy) is 2. The third kappa shape index (κ3) is 4.77. The van der Waals surface area contributed by atoms with Crippen LogP contribution in [0.3, 0.4) is 0 Å². The molecule has 1 saturated heterocycles. The van der Waals surface area contributed by atoms with Crippen molar-refractivity contribution in [2.75, 3.05) is 13.2 Å². The van der Waals surface area contributed by atoms with Gasteiger partial charge in [0.15, 0.2) is 11.5 Å². The Kier molecular flexibility index (Phi) is 6.12. The van der Waals surface area contributed by atoms with Gasteiger partial charge in [0.1, 0.15) is 0 Å².